The number of likely N-dealkylation sites (N-methyl/N-ethyl adjacent to an activating group) is 1. The normalized spacial score (nSPS) is 12.0. The molecule has 0 aliphatic rings. The van der Waals surface area contributed by atoms with Gasteiger partial charge in [0.15, 0.2) is 0 Å². The van der Waals surface area contributed by atoms with Gasteiger partial charge in [-0.1, -0.05) is 23.7 Å². The summed E-state index contributed by atoms with van der Waals surface area (Å²) in [5.74, 6) is 0.735. The molecule has 0 spiro atoms. The lowest BCUT2D eigenvalue weighted by atomic mass is 10.2. The minimum Gasteiger partial charge on any atom is -0.492 e. The molecule has 1 atom stereocenters. The Morgan fingerprint density at radius 1 is 1.24 bits per heavy atom. The van der Waals surface area contributed by atoms with Crippen LogP contribution in [0.1, 0.15) is 6.92 Å². The Balaban J connectivity index is 1.83. The van der Waals surface area contributed by atoms with Crippen molar-refractivity contribution in [3.05, 3.63) is 53.6 Å². The molecule has 0 aromatic heterocycles. The van der Waals surface area contributed by atoms with Crippen molar-refractivity contribution in [2.24, 2.45) is 0 Å². The average molecular weight is 379 g/mol. The number of carbonyl (C=O) groups is 1. The Kier molecular flexibility index (Phi) is 7.62. The molecule has 0 aliphatic heterocycles. The largest absolute Gasteiger partial charge is 0.492 e. The second kappa shape index (κ2) is 9.70. The third-order valence-corrected chi connectivity index (χ3v) is 4.98. The van der Waals surface area contributed by atoms with E-state index in [1.807, 2.05) is 61.5 Å². The summed E-state index contributed by atoms with van der Waals surface area (Å²) in [4.78, 5) is 15.5. The van der Waals surface area contributed by atoms with E-state index >= 15 is 0 Å². The van der Waals surface area contributed by atoms with Crippen molar-refractivity contribution in [2.45, 2.75) is 17.9 Å². The molecule has 1 unspecified atom stereocenters. The lowest BCUT2D eigenvalue weighted by molar-refractivity contribution is -0.120. The standard InChI is InChI=1S/C19H23ClN2O2S/c1-14(19(23)21-17-6-4-5-7-18(17)25-3)22(2)12-13-24-16-10-8-15(20)9-11-16/h4-11,14H,12-13H2,1-3H3,(H,21,23). The Morgan fingerprint density at radius 2 is 1.92 bits per heavy atom. The van der Waals surface area contributed by atoms with Gasteiger partial charge in [-0.15, -0.1) is 11.8 Å². The molecular weight excluding hydrogens is 356 g/mol. The second-order valence-corrected chi connectivity index (χ2v) is 6.93. The fourth-order valence-electron chi connectivity index (χ4n) is 2.22. The van der Waals surface area contributed by atoms with Gasteiger partial charge in [0.05, 0.1) is 11.7 Å². The molecule has 2 aromatic rings. The van der Waals surface area contributed by atoms with Crippen molar-refractivity contribution in [3.8, 4) is 5.75 Å². The van der Waals surface area contributed by atoms with E-state index in [0.29, 0.717) is 18.2 Å². The van der Waals surface area contributed by atoms with Gasteiger partial charge in [0.2, 0.25) is 5.91 Å². The minimum atomic E-state index is -0.260. The Morgan fingerprint density at radius 3 is 2.60 bits per heavy atom. The monoisotopic (exact) mass is 378 g/mol. The van der Waals surface area contributed by atoms with E-state index in [9.17, 15) is 4.79 Å². The van der Waals surface area contributed by atoms with Gasteiger partial charge < -0.3 is 10.1 Å². The number of hydrogen-bond acceptors (Lipinski definition) is 4. The molecule has 4 nitrogen and oxygen atoms in total. The molecular formula is C19H23ClN2O2S. The van der Waals surface area contributed by atoms with Gasteiger partial charge in [0, 0.05) is 16.5 Å². The third kappa shape index (κ3) is 5.96. The molecule has 1 amide bonds. The van der Waals surface area contributed by atoms with Crippen LogP contribution in [0.2, 0.25) is 5.02 Å². The first kappa shape index (κ1) is 19.6. The van der Waals surface area contributed by atoms with E-state index in [-0.39, 0.29) is 11.9 Å². The number of nitrogens with zero attached hydrogens (tertiary/aromatic N) is 1. The molecule has 0 aliphatic carbocycles. The summed E-state index contributed by atoms with van der Waals surface area (Å²) in [5, 5.41) is 3.68. The molecule has 0 saturated heterocycles. The van der Waals surface area contributed by atoms with Crippen molar-refractivity contribution >= 4 is 35.0 Å². The number of nitrogens with one attached hydrogen (secondary N) is 1. The van der Waals surface area contributed by atoms with Crippen molar-refractivity contribution in [2.75, 3.05) is 31.8 Å². The number of para-hydroxylation sites is 1. The topological polar surface area (TPSA) is 41.6 Å². The summed E-state index contributed by atoms with van der Waals surface area (Å²) >= 11 is 7.46. The predicted molar refractivity (Wildman–Crippen MR) is 106 cm³/mol. The van der Waals surface area contributed by atoms with Crippen LogP contribution in [0.4, 0.5) is 5.69 Å². The highest BCUT2D eigenvalue weighted by atomic mass is 35.5. The molecule has 0 heterocycles. The number of carbonyl (C=O) groups excluding carboxylic acids is 1. The van der Waals surface area contributed by atoms with Crippen LogP contribution >= 0.6 is 23.4 Å². The number of ether oxygens (including phenoxy) is 1. The zero-order chi connectivity index (χ0) is 18.2. The van der Waals surface area contributed by atoms with Crippen LogP contribution in [-0.2, 0) is 4.79 Å². The van der Waals surface area contributed by atoms with Gasteiger partial charge in [-0.25, -0.2) is 0 Å². The molecule has 25 heavy (non-hydrogen) atoms. The summed E-state index contributed by atoms with van der Waals surface area (Å²) < 4.78 is 5.68. The SMILES string of the molecule is CSc1ccccc1NC(=O)C(C)N(C)CCOc1ccc(Cl)cc1. The maximum Gasteiger partial charge on any atom is 0.241 e. The van der Waals surface area contributed by atoms with E-state index in [2.05, 4.69) is 5.32 Å². The maximum atomic E-state index is 12.5. The highest BCUT2D eigenvalue weighted by Crippen LogP contribution is 2.24. The number of benzene rings is 2. The van der Waals surface area contributed by atoms with Crippen LogP contribution in [0.15, 0.2) is 53.4 Å². The Hall–Kier alpha value is -1.69. The molecule has 0 saturated carbocycles. The van der Waals surface area contributed by atoms with E-state index in [1.165, 1.54) is 0 Å². The van der Waals surface area contributed by atoms with Gasteiger partial charge >= 0.3 is 0 Å². The Bertz CT molecular complexity index is 694. The molecule has 0 bridgehead atoms. The molecule has 6 heteroatoms. The van der Waals surface area contributed by atoms with Gasteiger partial charge in [-0.3, -0.25) is 9.69 Å². The van der Waals surface area contributed by atoms with Crippen molar-refractivity contribution in [1.29, 1.82) is 0 Å². The van der Waals surface area contributed by atoms with Crippen molar-refractivity contribution < 1.29 is 9.53 Å². The molecule has 2 aromatic carbocycles. The smallest absolute Gasteiger partial charge is 0.241 e. The van der Waals surface area contributed by atoms with Gasteiger partial charge in [-0.2, -0.15) is 0 Å². The van der Waals surface area contributed by atoms with Crippen LogP contribution in [0.3, 0.4) is 0 Å². The van der Waals surface area contributed by atoms with Crippen LogP contribution in [0.25, 0.3) is 0 Å². The van der Waals surface area contributed by atoms with Crippen LogP contribution < -0.4 is 10.1 Å². The van der Waals surface area contributed by atoms with Crippen LogP contribution in [-0.4, -0.2) is 43.3 Å². The number of amides is 1. The zero-order valence-electron chi connectivity index (χ0n) is 14.7. The number of rotatable bonds is 8. The predicted octanol–water partition coefficient (Wildman–Crippen LogP) is 4.40. The zero-order valence-corrected chi connectivity index (χ0v) is 16.2. The summed E-state index contributed by atoms with van der Waals surface area (Å²) in [7, 11) is 1.91. The first-order valence-corrected chi connectivity index (χ1v) is 9.64. The molecule has 1 N–H and O–H groups in total. The first-order valence-electron chi connectivity index (χ1n) is 8.03. The fourth-order valence-corrected chi connectivity index (χ4v) is 2.90. The summed E-state index contributed by atoms with van der Waals surface area (Å²) in [6.07, 6.45) is 1.99. The summed E-state index contributed by atoms with van der Waals surface area (Å²) in [5.41, 5.74) is 0.845. The third-order valence-electron chi connectivity index (χ3n) is 3.93. The van der Waals surface area contributed by atoms with Crippen molar-refractivity contribution in [1.82, 2.24) is 4.90 Å². The molecule has 2 rings (SSSR count). The summed E-state index contributed by atoms with van der Waals surface area (Å²) in [6.45, 7) is 3.03. The molecule has 0 fully saturated rings. The lowest BCUT2D eigenvalue weighted by Gasteiger charge is -2.24. The van der Waals surface area contributed by atoms with Gasteiger partial charge in [0.1, 0.15) is 12.4 Å². The summed E-state index contributed by atoms with van der Waals surface area (Å²) in [6, 6.07) is 14.8. The van der Waals surface area contributed by atoms with E-state index in [0.717, 1.165) is 16.3 Å². The number of anilines is 1. The van der Waals surface area contributed by atoms with Crippen LogP contribution in [0.5, 0.6) is 5.75 Å². The van der Waals surface area contributed by atoms with Gasteiger partial charge in [0.25, 0.3) is 0 Å². The van der Waals surface area contributed by atoms with E-state index < -0.39 is 0 Å². The van der Waals surface area contributed by atoms with Gasteiger partial charge in [-0.05, 0) is 56.6 Å². The van der Waals surface area contributed by atoms with E-state index in [1.54, 1.807) is 23.9 Å². The number of halogens is 1. The van der Waals surface area contributed by atoms with Crippen molar-refractivity contribution in [3.63, 3.8) is 0 Å². The number of hydrogen-bond donors (Lipinski definition) is 1. The quantitative estimate of drug-likeness (QED) is 0.691. The highest BCUT2D eigenvalue weighted by molar-refractivity contribution is 7.98. The Labute approximate surface area is 158 Å². The molecule has 0 radical (unpaired) electrons. The minimum absolute atomic E-state index is 0.0320. The first-order chi connectivity index (χ1) is 12.0. The van der Waals surface area contributed by atoms with Crippen LogP contribution in [0, 0.1) is 0 Å². The average Bonchev–Trinajstić information content (AvgIpc) is 2.63. The second-order valence-electron chi connectivity index (χ2n) is 5.65. The maximum absolute atomic E-state index is 12.5. The number of thioether (sulfide) groups is 1. The molecule has 134 valence electrons. The lowest BCUT2D eigenvalue weighted by Crippen LogP contribution is -2.41. The fraction of sp³-hybridized carbons (Fsp3) is 0.316. The van der Waals surface area contributed by atoms with E-state index in [4.69, 9.17) is 16.3 Å². The highest BCUT2D eigenvalue weighted by Gasteiger charge is 2.18.